The molecule has 1 aromatic carbocycles. The van der Waals surface area contributed by atoms with Crippen LogP contribution >= 0.6 is 0 Å². The van der Waals surface area contributed by atoms with Crippen molar-refractivity contribution < 1.29 is 9.84 Å². The number of hydrogen-bond acceptors (Lipinski definition) is 3. The second-order valence-electron chi connectivity index (χ2n) is 4.34. The minimum Gasteiger partial charge on any atom is -0.497 e. The van der Waals surface area contributed by atoms with E-state index in [-0.39, 0.29) is 6.61 Å². The summed E-state index contributed by atoms with van der Waals surface area (Å²) < 4.78 is 5.13. The zero-order valence-corrected chi connectivity index (χ0v) is 10.8. The lowest BCUT2D eigenvalue weighted by Crippen LogP contribution is -2.29. The lowest BCUT2D eigenvalue weighted by atomic mass is 10.1. The molecule has 1 rings (SSSR count). The van der Waals surface area contributed by atoms with E-state index in [1.807, 2.05) is 12.1 Å². The Labute approximate surface area is 104 Å². The van der Waals surface area contributed by atoms with E-state index in [2.05, 4.69) is 24.4 Å². The van der Waals surface area contributed by atoms with Crippen molar-refractivity contribution in [3.8, 4) is 5.75 Å². The van der Waals surface area contributed by atoms with Crippen LogP contribution < -0.4 is 10.1 Å². The molecule has 0 aliphatic carbocycles. The third kappa shape index (κ3) is 5.71. The first-order chi connectivity index (χ1) is 8.26. The van der Waals surface area contributed by atoms with E-state index in [1.165, 1.54) is 5.56 Å². The fraction of sp³-hybridized carbons (Fsp3) is 0.571. The summed E-state index contributed by atoms with van der Waals surface area (Å²) in [6, 6.07) is 8.65. The molecule has 0 aromatic heterocycles. The minimum absolute atomic E-state index is 0.286. The monoisotopic (exact) mass is 237 g/mol. The van der Waals surface area contributed by atoms with Crippen molar-refractivity contribution >= 4 is 0 Å². The van der Waals surface area contributed by atoms with Gasteiger partial charge in [-0.15, -0.1) is 0 Å². The molecule has 0 bridgehead atoms. The number of aliphatic hydroxyl groups excluding tert-OH is 1. The summed E-state index contributed by atoms with van der Waals surface area (Å²) in [6.07, 6.45) is 2.93. The number of aliphatic hydroxyl groups is 1. The van der Waals surface area contributed by atoms with Crippen molar-refractivity contribution in [1.82, 2.24) is 5.32 Å². The number of rotatable bonds is 8. The number of ether oxygens (including phenoxy) is 1. The van der Waals surface area contributed by atoms with Crippen molar-refractivity contribution in [2.75, 3.05) is 20.3 Å². The fourth-order valence-corrected chi connectivity index (χ4v) is 1.77. The van der Waals surface area contributed by atoms with Crippen LogP contribution in [0.1, 0.15) is 25.3 Å². The summed E-state index contributed by atoms with van der Waals surface area (Å²) >= 11 is 0. The van der Waals surface area contributed by atoms with Gasteiger partial charge in [-0.2, -0.15) is 0 Å². The second kappa shape index (κ2) is 8.09. The highest BCUT2D eigenvalue weighted by Crippen LogP contribution is 2.12. The number of methoxy groups -OCH3 is 1. The average Bonchev–Trinajstić information content (AvgIpc) is 2.36. The van der Waals surface area contributed by atoms with E-state index in [0.717, 1.165) is 31.6 Å². The largest absolute Gasteiger partial charge is 0.497 e. The zero-order chi connectivity index (χ0) is 12.5. The Kier molecular flexibility index (Phi) is 6.67. The van der Waals surface area contributed by atoms with Crippen LogP contribution in [-0.4, -0.2) is 31.4 Å². The van der Waals surface area contributed by atoms with Crippen LogP contribution in [0.4, 0.5) is 0 Å². The number of benzene rings is 1. The molecule has 0 fully saturated rings. The summed E-state index contributed by atoms with van der Waals surface area (Å²) in [4.78, 5) is 0. The van der Waals surface area contributed by atoms with E-state index in [0.29, 0.717) is 6.04 Å². The predicted octanol–water partition coefficient (Wildman–Crippen LogP) is 1.99. The molecule has 0 heterocycles. The molecular formula is C14H23NO2. The molecule has 96 valence electrons. The number of unbranched alkanes of at least 4 members (excludes halogenated alkanes) is 1. The molecule has 17 heavy (non-hydrogen) atoms. The Bertz CT molecular complexity index is 298. The molecule has 0 amide bonds. The highest BCUT2D eigenvalue weighted by Gasteiger charge is 2.02. The van der Waals surface area contributed by atoms with Gasteiger partial charge in [-0.1, -0.05) is 12.1 Å². The van der Waals surface area contributed by atoms with Gasteiger partial charge < -0.3 is 15.2 Å². The van der Waals surface area contributed by atoms with Crippen molar-refractivity contribution in [2.24, 2.45) is 0 Å². The molecular weight excluding hydrogens is 214 g/mol. The van der Waals surface area contributed by atoms with Crippen LogP contribution in [0.15, 0.2) is 24.3 Å². The van der Waals surface area contributed by atoms with Crippen molar-refractivity contribution in [2.45, 2.75) is 32.2 Å². The highest BCUT2D eigenvalue weighted by molar-refractivity contribution is 5.27. The van der Waals surface area contributed by atoms with Crippen molar-refractivity contribution in [1.29, 1.82) is 0 Å². The van der Waals surface area contributed by atoms with Crippen LogP contribution in [0.25, 0.3) is 0 Å². The van der Waals surface area contributed by atoms with Gasteiger partial charge in [-0.3, -0.25) is 0 Å². The number of hydrogen-bond donors (Lipinski definition) is 2. The first kappa shape index (κ1) is 14.0. The molecule has 2 N–H and O–H groups in total. The summed E-state index contributed by atoms with van der Waals surface area (Å²) in [5, 5.41) is 12.1. The van der Waals surface area contributed by atoms with Crippen LogP contribution in [0, 0.1) is 0 Å². The van der Waals surface area contributed by atoms with E-state index in [4.69, 9.17) is 9.84 Å². The maximum absolute atomic E-state index is 8.68. The van der Waals surface area contributed by atoms with E-state index in [1.54, 1.807) is 7.11 Å². The maximum Gasteiger partial charge on any atom is 0.118 e. The summed E-state index contributed by atoms with van der Waals surface area (Å²) in [5.41, 5.74) is 1.31. The molecule has 3 heteroatoms. The maximum atomic E-state index is 8.68. The van der Waals surface area contributed by atoms with Gasteiger partial charge in [0.15, 0.2) is 0 Å². The molecule has 0 radical (unpaired) electrons. The highest BCUT2D eigenvalue weighted by atomic mass is 16.5. The lowest BCUT2D eigenvalue weighted by Gasteiger charge is -2.13. The Hall–Kier alpha value is -1.06. The quantitative estimate of drug-likeness (QED) is 0.679. The molecule has 0 aliphatic heterocycles. The SMILES string of the molecule is COc1ccc(CC(C)NCCCCO)cc1. The molecule has 0 saturated carbocycles. The first-order valence-corrected chi connectivity index (χ1v) is 6.23. The van der Waals surface area contributed by atoms with Gasteiger partial charge in [0, 0.05) is 12.6 Å². The second-order valence-corrected chi connectivity index (χ2v) is 4.34. The minimum atomic E-state index is 0.286. The first-order valence-electron chi connectivity index (χ1n) is 6.23. The molecule has 0 aliphatic rings. The average molecular weight is 237 g/mol. The van der Waals surface area contributed by atoms with Crippen LogP contribution in [0.2, 0.25) is 0 Å². The summed E-state index contributed by atoms with van der Waals surface area (Å²) in [5.74, 6) is 0.900. The molecule has 3 nitrogen and oxygen atoms in total. The molecule has 0 saturated heterocycles. The summed E-state index contributed by atoms with van der Waals surface area (Å²) in [7, 11) is 1.68. The van der Waals surface area contributed by atoms with Gasteiger partial charge in [0.1, 0.15) is 5.75 Å². The van der Waals surface area contributed by atoms with E-state index in [9.17, 15) is 0 Å². The smallest absolute Gasteiger partial charge is 0.118 e. The lowest BCUT2D eigenvalue weighted by molar-refractivity contribution is 0.282. The fourth-order valence-electron chi connectivity index (χ4n) is 1.77. The van der Waals surface area contributed by atoms with E-state index >= 15 is 0 Å². The third-order valence-corrected chi connectivity index (χ3v) is 2.78. The summed E-state index contributed by atoms with van der Waals surface area (Å²) in [6.45, 7) is 3.44. The molecule has 1 unspecified atom stereocenters. The van der Waals surface area contributed by atoms with Gasteiger partial charge >= 0.3 is 0 Å². The van der Waals surface area contributed by atoms with Gasteiger partial charge in [0.05, 0.1) is 7.11 Å². The Morgan fingerprint density at radius 3 is 2.53 bits per heavy atom. The number of nitrogens with one attached hydrogen (secondary N) is 1. The Morgan fingerprint density at radius 2 is 1.94 bits per heavy atom. The standard InChI is InChI=1S/C14H23NO2/c1-12(15-9-3-4-10-16)11-13-5-7-14(17-2)8-6-13/h5-8,12,15-16H,3-4,9-11H2,1-2H3. The van der Waals surface area contributed by atoms with Crippen LogP contribution in [0.5, 0.6) is 5.75 Å². The molecule has 1 atom stereocenters. The Balaban J connectivity index is 2.26. The van der Waals surface area contributed by atoms with Crippen LogP contribution in [0.3, 0.4) is 0 Å². The van der Waals surface area contributed by atoms with Gasteiger partial charge in [-0.05, 0) is 50.4 Å². The van der Waals surface area contributed by atoms with Crippen molar-refractivity contribution in [3.63, 3.8) is 0 Å². The molecule has 0 spiro atoms. The normalized spacial score (nSPS) is 12.4. The third-order valence-electron chi connectivity index (χ3n) is 2.78. The zero-order valence-electron chi connectivity index (χ0n) is 10.8. The van der Waals surface area contributed by atoms with Gasteiger partial charge in [0.25, 0.3) is 0 Å². The topological polar surface area (TPSA) is 41.5 Å². The van der Waals surface area contributed by atoms with Gasteiger partial charge in [0.2, 0.25) is 0 Å². The van der Waals surface area contributed by atoms with Crippen molar-refractivity contribution in [3.05, 3.63) is 29.8 Å². The van der Waals surface area contributed by atoms with Gasteiger partial charge in [-0.25, -0.2) is 0 Å². The molecule has 1 aromatic rings. The van der Waals surface area contributed by atoms with E-state index < -0.39 is 0 Å². The van der Waals surface area contributed by atoms with Crippen LogP contribution in [-0.2, 0) is 6.42 Å². The predicted molar refractivity (Wildman–Crippen MR) is 70.5 cm³/mol. The Morgan fingerprint density at radius 1 is 1.24 bits per heavy atom.